The van der Waals surface area contributed by atoms with Gasteiger partial charge in [-0.1, -0.05) is 3.89 Å². The van der Waals surface area contributed by atoms with E-state index in [1.807, 2.05) is 0 Å². The Bertz CT molecular complexity index is 738. The molecule has 8 nitrogen and oxygen atoms in total. The predicted molar refractivity (Wildman–Crippen MR) is 69.4 cm³/mol. The van der Waals surface area contributed by atoms with Gasteiger partial charge in [-0.2, -0.15) is 8.42 Å². The SMILES string of the molecule is CN(C)S(C)(=O)=NC(=O)c1cncc(OS(=O)(=O)F)c1. The molecule has 1 heterocycles. The average molecular weight is 325 g/mol. The highest BCUT2D eigenvalue weighted by Gasteiger charge is 2.15. The predicted octanol–water partition coefficient (Wildman–Crippen LogP) is 0.389. The van der Waals surface area contributed by atoms with Crippen LogP contribution in [0.1, 0.15) is 10.4 Å². The van der Waals surface area contributed by atoms with E-state index in [1.165, 1.54) is 24.7 Å². The summed E-state index contributed by atoms with van der Waals surface area (Å²) in [6.07, 6.45) is 3.22. The lowest BCUT2D eigenvalue weighted by Crippen LogP contribution is -2.21. The number of carbonyl (C=O) groups excluding carboxylic acids is 1. The maximum absolute atomic E-state index is 12.3. The number of rotatable bonds is 4. The van der Waals surface area contributed by atoms with E-state index in [9.17, 15) is 21.3 Å². The Morgan fingerprint density at radius 2 is 1.95 bits per heavy atom. The van der Waals surface area contributed by atoms with E-state index in [4.69, 9.17) is 0 Å². The number of pyridine rings is 1. The van der Waals surface area contributed by atoms with Crippen LogP contribution in [0.3, 0.4) is 0 Å². The number of halogens is 1. The second-order valence-corrected chi connectivity index (χ2v) is 7.25. The summed E-state index contributed by atoms with van der Waals surface area (Å²) in [5.41, 5.74) is -0.178. The third-order valence-electron chi connectivity index (χ3n) is 2.09. The van der Waals surface area contributed by atoms with Crippen molar-refractivity contribution in [3.63, 3.8) is 0 Å². The topological polar surface area (TPSA) is 106 Å². The standard InChI is InChI=1S/C9H12FN3O5S2/c1-13(2)19(3,15)12-9(14)7-4-8(6-11-5-7)18-20(10,16)17/h4-6H,1-3H3. The molecule has 0 fully saturated rings. The maximum Gasteiger partial charge on any atom is 0.488 e. The number of amides is 1. The molecule has 0 aliphatic rings. The Morgan fingerprint density at radius 1 is 1.35 bits per heavy atom. The normalized spacial score (nSPS) is 14.7. The second kappa shape index (κ2) is 5.81. The molecule has 1 unspecified atom stereocenters. The highest BCUT2D eigenvalue weighted by atomic mass is 32.3. The summed E-state index contributed by atoms with van der Waals surface area (Å²) in [5.74, 6) is -1.37. The first-order chi connectivity index (χ1) is 9.01. The molecule has 0 spiro atoms. The third-order valence-corrected chi connectivity index (χ3v) is 4.34. The van der Waals surface area contributed by atoms with Gasteiger partial charge in [-0.15, -0.1) is 4.36 Å². The molecule has 0 aliphatic heterocycles. The summed E-state index contributed by atoms with van der Waals surface area (Å²) in [6.45, 7) is 0. The van der Waals surface area contributed by atoms with Crippen molar-refractivity contribution >= 4 is 26.3 Å². The summed E-state index contributed by atoms with van der Waals surface area (Å²) in [4.78, 5) is 15.3. The summed E-state index contributed by atoms with van der Waals surface area (Å²) < 4.78 is 53.6. The van der Waals surface area contributed by atoms with Crippen LogP contribution in [0.4, 0.5) is 3.89 Å². The molecule has 0 radical (unpaired) electrons. The van der Waals surface area contributed by atoms with Gasteiger partial charge in [-0.3, -0.25) is 9.78 Å². The molecule has 0 saturated carbocycles. The smallest absolute Gasteiger partial charge is 0.357 e. The summed E-state index contributed by atoms with van der Waals surface area (Å²) in [7, 11) is -5.15. The highest BCUT2D eigenvalue weighted by molar-refractivity contribution is 7.90. The van der Waals surface area contributed by atoms with Crippen LogP contribution in [0.15, 0.2) is 22.8 Å². The van der Waals surface area contributed by atoms with Crippen molar-refractivity contribution in [3.05, 3.63) is 24.0 Å². The zero-order valence-corrected chi connectivity index (χ0v) is 12.4. The zero-order chi connectivity index (χ0) is 15.6. The molecular weight excluding hydrogens is 313 g/mol. The molecule has 112 valence electrons. The van der Waals surface area contributed by atoms with Gasteiger partial charge in [0, 0.05) is 26.5 Å². The fourth-order valence-electron chi connectivity index (χ4n) is 0.984. The molecule has 11 heteroatoms. The van der Waals surface area contributed by atoms with Crippen LogP contribution in [0.5, 0.6) is 5.75 Å². The average Bonchev–Trinajstić information content (AvgIpc) is 2.26. The lowest BCUT2D eigenvalue weighted by Gasteiger charge is -2.11. The highest BCUT2D eigenvalue weighted by Crippen LogP contribution is 2.15. The Labute approximate surface area is 116 Å². The van der Waals surface area contributed by atoms with E-state index in [1.54, 1.807) is 0 Å². The quantitative estimate of drug-likeness (QED) is 0.741. The third kappa shape index (κ3) is 4.83. The van der Waals surface area contributed by atoms with Crippen LogP contribution in [0.2, 0.25) is 0 Å². The van der Waals surface area contributed by atoms with Crippen LogP contribution in [-0.2, 0) is 20.4 Å². The monoisotopic (exact) mass is 325 g/mol. The van der Waals surface area contributed by atoms with Crippen molar-refractivity contribution in [3.8, 4) is 5.75 Å². The van der Waals surface area contributed by atoms with Gasteiger partial charge < -0.3 is 4.18 Å². The molecule has 1 amide bonds. The van der Waals surface area contributed by atoms with Gasteiger partial charge in [0.05, 0.1) is 11.8 Å². The summed E-state index contributed by atoms with van der Waals surface area (Å²) >= 11 is 0. The van der Waals surface area contributed by atoms with Crippen molar-refractivity contribution < 1.29 is 25.5 Å². The molecule has 1 rings (SSSR count). The van der Waals surface area contributed by atoms with Gasteiger partial charge in [0.25, 0.3) is 5.91 Å². The van der Waals surface area contributed by atoms with Crippen molar-refractivity contribution in [1.29, 1.82) is 0 Å². The minimum Gasteiger partial charge on any atom is -0.357 e. The Morgan fingerprint density at radius 3 is 2.45 bits per heavy atom. The van der Waals surface area contributed by atoms with Gasteiger partial charge in [-0.05, 0) is 6.07 Å². The van der Waals surface area contributed by atoms with Gasteiger partial charge in [-0.25, -0.2) is 8.51 Å². The number of hydrogen-bond acceptors (Lipinski definition) is 6. The minimum atomic E-state index is -5.21. The number of nitrogens with zero attached hydrogens (tertiary/aromatic N) is 3. The maximum atomic E-state index is 12.3. The molecule has 0 saturated heterocycles. The van der Waals surface area contributed by atoms with E-state index in [-0.39, 0.29) is 5.56 Å². The number of hydrogen-bond donors (Lipinski definition) is 0. The first-order valence-electron chi connectivity index (χ1n) is 5.04. The first-order valence-corrected chi connectivity index (χ1v) is 8.23. The second-order valence-electron chi connectivity index (χ2n) is 3.86. The van der Waals surface area contributed by atoms with E-state index >= 15 is 0 Å². The van der Waals surface area contributed by atoms with Crippen molar-refractivity contribution in [2.75, 3.05) is 20.4 Å². The van der Waals surface area contributed by atoms with Crippen molar-refractivity contribution in [2.24, 2.45) is 4.36 Å². The molecular formula is C9H12FN3O5S2. The van der Waals surface area contributed by atoms with Gasteiger partial charge in [0.2, 0.25) is 0 Å². The minimum absolute atomic E-state index is 0.178. The van der Waals surface area contributed by atoms with Crippen LogP contribution in [0.25, 0.3) is 0 Å². The van der Waals surface area contributed by atoms with E-state index in [2.05, 4.69) is 13.5 Å². The molecule has 1 atom stereocenters. The van der Waals surface area contributed by atoms with Crippen LogP contribution in [-0.4, -0.2) is 48.2 Å². The zero-order valence-electron chi connectivity index (χ0n) is 10.8. The summed E-state index contributed by atoms with van der Waals surface area (Å²) in [6, 6.07) is 0.932. The van der Waals surface area contributed by atoms with Crippen molar-refractivity contribution in [1.82, 2.24) is 9.29 Å². The van der Waals surface area contributed by atoms with Crippen LogP contribution >= 0.6 is 0 Å². The Balaban J connectivity index is 3.14. The van der Waals surface area contributed by atoms with Gasteiger partial charge in [0.15, 0.2) is 5.75 Å². The number of aromatic nitrogens is 1. The fraction of sp³-hybridized carbons (Fsp3) is 0.333. The van der Waals surface area contributed by atoms with Crippen LogP contribution in [0, 0.1) is 0 Å². The molecule has 0 aromatic carbocycles. The molecule has 0 N–H and O–H groups in total. The Hall–Kier alpha value is -1.59. The lowest BCUT2D eigenvalue weighted by molar-refractivity contribution is 0.100. The molecule has 20 heavy (non-hydrogen) atoms. The fourth-order valence-corrected chi connectivity index (χ4v) is 1.88. The van der Waals surface area contributed by atoms with E-state index < -0.39 is 32.1 Å². The lowest BCUT2D eigenvalue weighted by atomic mass is 10.3. The molecule has 1 aromatic rings. The van der Waals surface area contributed by atoms with Gasteiger partial charge >= 0.3 is 10.5 Å². The molecule has 1 aromatic heterocycles. The largest absolute Gasteiger partial charge is 0.488 e. The first kappa shape index (κ1) is 16.5. The summed E-state index contributed by atoms with van der Waals surface area (Å²) in [5, 5.41) is 0. The van der Waals surface area contributed by atoms with Crippen molar-refractivity contribution in [2.45, 2.75) is 0 Å². The van der Waals surface area contributed by atoms with E-state index in [0.29, 0.717) is 0 Å². The Kier molecular flexibility index (Phi) is 4.78. The molecule has 0 bridgehead atoms. The molecule has 0 aliphatic carbocycles. The van der Waals surface area contributed by atoms with E-state index in [0.717, 1.165) is 18.5 Å². The van der Waals surface area contributed by atoms with Crippen LogP contribution < -0.4 is 4.18 Å². The number of carbonyl (C=O) groups is 1. The van der Waals surface area contributed by atoms with Gasteiger partial charge in [0.1, 0.15) is 9.92 Å².